The number of hydrogen-bond acceptors (Lipinski definition) is 5. The average Bonchev–Trinajstić information content (AvgIpc) is 3.07. The first kappa shape index (κ1) is 20.1. The summed E-state index contributed by atoms with van der Waals surface area (Å²) in [6.45, 7) is 6.82. The number of nitrogens with one attached hydrogen (secondary N) is 1. The van der Waals surface area contributed by atoms with Crippen LogP contribution < -0.4 is 14.8 Å². The van der Waals surface area contributed by atoms with Crippen LogP contribution in [0.15, 0.2) is 47.5 Å². The second kappa shape index (κ2) is 8.65. The number of hydrogen-bond donors (Lipinski definition) is 1. The number of amidine groups is 1. The van der Waals surface area contributed by atoms with Crippen molar-refractivity contribution < 1.29 is 14.3 Å². The van der Waals surface area contributed by atoms with Crippen molar-refractivity contribution in [3.05, 3.63) is 48.0 Å². The SMILES string of the molecule is COc1ccc2c(c1)C(N1CCCN(C(=O)NC(C)C)CC1)=Nc1ccccc1O2. The molecule has 0 unspecified atom stereocenters. The molecule has 7 heteroatoms. The Bertz CT molecular complexity index is 957. The number of aliphatic imine (C=N–C) groups is 1. The molecule has 1 saturated heterocycles. The van der Waals surface area contributed by atoms with Gasteiger partial charge in [0.1, 0.15) is 23.0 Å². The monoisotopic (exact) mass is 408 g/mol. The Kier molecular flexibility index (Phi) is 5.79. The quantitative estimate of drug-likeness (QED) is 0.816. The maximum Gasteiger partial charge on any atom is 0.317 e. The molecule has 2 aromatic rings. The molecule has 4 rings (SSSR count). The normalized spacial score (nSPS) is 15.9. The number of carbonyl (C=O) groups is 1. The Morgan fingerprint density at radius 2 is 1.93 bits per heavy atom. The number of carbonyl (C=O) groups excluding carboxylic acids is 1. The predicted molar refractivity (Wildman–Crippen MR) is 117 cm³/mol. The Hall–Kier alpha value is -3.22. The summed E-state index contributed by atoms with van der Waals surface area (Å²) in [6, 6.07) is 13.7. The fraction of sp³-hybridized carbons (Fsp3) is 0.391. The molecule has 1 fully saturated rings. The topological polar surface area (TPSA) is 66.4 Å². The standard InChI is InChI=1S/C23H28N4O3/c1-16(2)24-23(28)27-12-6-11-26(13-14-27)22-18-15-17(29-3)9-10-20(18)30-21-8-5-4-7-19(21)25-22/h4-5,7-10,15-16H,6,11-14H2,1-3H3,(H,24,28). The van der Waals surface area contributed by atoms with Crippen molar-refractivity contribution in [3.8, 4) is 17.2 Å². The van der Waals surface area contributed by atoms with Crippen LogP contribution in [0.2, 0.25) is 0 Å². The Balaban J connectivity index is 1.66. The number of urea groups is 1. The highest BCUT2D eigenvalue weighted by molar-refractivity contribution is 6.04. The number of benzene rings is 2. The van der Waals surface area contributed by atoms with Gasteiger partial charge in [0.05, 0.1) is 12.7 Å². The van der Waals surface area contributed by atoms with Gasteiger partial charge in [0.15, 0.2) is 5.75 Å². The van der Waals surface area contributed by atoms with E-state index >= 15 is 0 Å². The van der Waals surface area contributed by atoms with Crippen LogP contribution in [-0.2, 0) is 0 Å². The number of fused-ring (bicyclic) bond motifs is 2. The largest absolute Gasteiger partial charge is 0.497 e. The average molecular weight is 409 g/mol. The third-order valence-corrected chi connectivity index (χ3v) is 5.23. The van der Waals surface area contributed by atoms with E-state index in [4.69, 9.17) is 14.5 Å². The van der Waals surface area contributed by atoms with Gasteiger partial charge in [-0.2, -0.15) is 0 Å². The van der Waals surface area contributed by atoms with Gasteiger partial charge >= 0.3 is 6.03 Å². The summed E-state index contributed by atoms with van der Waals surface area (Å²) in [7, 11) is 1.65. The van der Waals surface area contributed by atoms with Gasteiger partial charge < -0.3 is 24.6 Å². The van der Waals surface area contributed by atoms with Crippen LogP contribution in [0.25, 0.3) is 0 Å². The third-order valence-electron chi connectivity index (χ3n) is 5.23. The molecule has 7 nitrogen and oxygen atoms in total. The van der Waals surface area contributed by atoms with Crippen molar-refractivity contribution in [2.24, 2.45) is 4.99 Å². The van der Waals surface area contributed by atoms with E-state index in [-0.39, 0.29) is 12.1 Å². The van der Waals surface area contributed by atoms with Crippen LogP contribution >= 0.6 is 0 Å². The van der Waals surface area contributed by atoms with Gasteiger partial charge in [-0.25, -0.2) is 9.79 Å². The molecule has 0 aromatic heterocycles. The van der Waals surface area contributed by atoms with E-state index in [1.54, 1.807) is 7.11 Å². The third kappa shape index (κ3) is 4.20. The maximum atomic E-state index is 12.5. The molecule has 2 aromatic carbocycles. The Morgan fingerprint density at radius 1 is 1.10 bits per heavy atom. The first-order valence-corrected chi connectivity index (χ1v) is 10.4. The number of para-hydroxylation sites is 2. The molecule has 30 heavy (non-hydrogen) atoms. The molecule has 2 aliphatic heterocycles. The van der Waals surface area contributed by atoms with Crippen molar-refractivity contribution in [3.63, 3.8) is 0 Å². The highest BCUT2D eigenvalue weighted by atomic mass is 16.5. The lowest BCUT2D eigenvalue weighted by atomic mass is 10.1. The van der Waals surface area contributed by atoms with E-state index in [1.807, 2.05) is 61.2 Å². The van der Waals surface area contributed by atoms with Gasteiger partial charge in [0, 0.05) is 32.2 Å². The molecule has 2 aliphatic rings. The first-order valence-electron chi connectivity index (χ1n) is 10.4. The van der Waals surface area contributed by atoms with Crippen molar-refractivity contribution in [1.29, 1.82) is 0 Å². The predicted octanol–water partition coefficient (Wildman–Crippen LogP) is 4.00. The summed E-state index contributed by atoms with van der Waals surface area (Å²) in [6.07, 6.45) is 0.867. The zero-order valence-corrected chi connectivity index (χ0v) is 17.7. The molecule has 158 valence electrons. The molecule has 0 spiro atoms. The van der Waals surface area contributed by atoms with E-state index < -0.39 is 0 Å². The van der Waals surface area contributed by atoms with Gasteiger partial charge in [-0.3, -0.25) is 0 Å². The summed E-state index contributed by atoms with van der Waals surface area (Å²) >= 11 is 0. The van der Waals surface area contributed by atoms with Gasteiger partial charge in [-0.15, -0.1) is 0 Å². The number of amides is 2. The van der Waals surface area contributed by atoms with E-state index in [9.17, 15) is 4.79 Å². The molecule has 0 aliphatic carbocycles. The number of ether oxygens (including phenoxy) is 2. The van der Waals surface area contributed by atoms with Gasteiger partial charge in [-0.1, -0.05) is 12.1 Å². The molecule has 0 atom stereocenters. The zero-order chi connectivity index (χ0) is 21.1. The first-order chi connectivity index (χ1) is 14.5. The van der Waals surface area contributed by atoms with Crippen LogP contribution in [0.1, 0.15) is 25.8 Å². The minimum Gasteiger partial charge on any atom is -0.497 e. The highest BCUT2D eigenvalue weighted by Gasteiger charge is 2.26. The second-order valence-corrected chi connectivity index (χ2v) is 7.80. The molecule has 2 heterocycles. The lowest BCUT2D eigenvalue weighted by Crippen LogP contribution is -2.44. The molecule has 0 radical (unpaired) electrons. The highest BCUT2D eigenvalue weighted by Crippen LogP contribution is 2.39. The fourth-order valence-electron chi connectivity index (χ4n) is 3.74. The van der Waals surface area contributed by atoms with Crippen LogP contribution in [0.5, 0.6) is 17.2 Å². The zero-order valence-electron chi connectivity index (χ0n) is 17.7. The van der Waals surface area contributed by atoms with Crippen molar-refractivity contribution >= 4 is 17.6 Å². The molecule has 1 N–H and O–H groups in total. The summed E-state index contributed by atoms with van der Waals surface area (Å²) < 4.78 is 11.6. The van der Waals surface area contributed by atoms with E-state index in [0.29, 0.717) is 13.1 Å². The fourth-order valence-corrected chi connectivity index (χ4v) is 3.74. The molecule has 2 amide bonds. The summed E-state index contributed by atoms with van der Waals surface area (Å²) in [5.74, 6) is 3.08. The lowest BCUT2D eigenvalue weighted by Gasteiger charge is -2.26. The molecular formula is C23H28N4O3. The number of rotatable bonds is 2. The Morgan fingerprint density at radius 3 is 2.73 bits per heavy atom. The Labute approximate surface area is 177 Å². The molecular weight excluding hydrogens is 380 g/mol. The smallest absolute Gasteiger partial charge is 0.317 e. The van der Waals surface area contributed by atoms with Crippen LogP contribution in [-0.4, -0.2) is 61.0 Å². The van der Waals surface area contributed by atoms with Gasteiger partial charge in [0.25, 0.3) is 0 Å². The molecule has 0 saturated carbocycles. The second-order valence-electron chi connectivity index (χ2n) is 7.80. The van der Waals surface area contributed by atoms with Crippen molar-refractivity contribution in [2.75, 3.05) is 33.3 Å². The van der Waals surface area contributed by atoms with Crippen molar-refractivity contribution in [2.45, 2.75) is 26.3 Å². The number of nitrogens with zero attached hydrogens (tertiary/aromatic N) is 3. The van der Waals surface area contributed by atoms with E-state index in [2.05, 4.69) is 10.2 Å². The summed E-state index contributed by atoms with van der Waals surface area (Å²) in [5, 5.41) is 2.99. The van der Waals surface area contributed by atoms with Crippen LogP contribution in [0.3, 0.4) is 0 Å². The van der Waals surface area contributed by atoms with Gasteiger partial charge in [-0.05, 0) is 50.6 Å². The minimum atomic E-state index is -0.00889. The lowest BCUT2D eigenvalue weighted by molar-refractivity contribution is 0.198. The van der Waals surface area contributed by atoms with E-state index in [0.717, 1.165) is 53.8 Å². The maximum absolute atomic E-state index is 12.5. The van der Waals surface area contributed by atoms with Crippen LogP contribution in [0.4, 0.5) is 10.5 Å². The summed E-state index contributed by atoms with van der Waals surface area (Å²) in [5.41, 5.74) is 1.69. The molecule has 0 bridgehead atoms. The summed E-state index contributed by atoms with van der Waals surface area (Å²) in [4.78, 5) is 21.6. The van der Waals surface area contributed by atoms with Gasteiger partial charge in [0.2, 0.25) is 0 Å². The van der Waals surface area contributed by atoms with Crippen LogP contribution in [0, 0.1) is 0 Å². The van der Waals surface area contributed by atoms with E-state index in [1.165, 1.54) is 0 Å². The minimum absolute atomic E-state index is 0.00889. The number of methoxy groups -OCH3 is 1. The van der Waals surface area contributed by atoms with Crippen molar-refractivity contribution in [1.82, 2.24) is 15.1 Å².